The molecule has 0 aliphatic carbocycles. The molecule has 0 aliphatic heterocycles. The molecular formula is C12H24O2S. The molecule has 0 aromatic rings. The quantitative estimate of drug-likeness (QED) is 0.443. The zero-order valence-corrected chi connectivity index (χ0v) is 10.6. The van der Waals surface area contributed by atoms with Gasteiger partial charge in [0.15, 0.2) is 0 Å². The Hall–Kier alpha value is -0.180. The minimum atomic E-state index is -0.670. The topological polar surface area (TPSA) is 37.3 Å². The van der Waals surface area contributed by atoms with Crippen LogP contribution in [0.5, 0.6) is 0 Å². The van der Waals surface area contributed by atoms with Gasteiger partial charge in [0.05, 0.1) is 0 Å². The summed E-state index contributed by atoms with van der Waals surface area (Å²) in [6.07, 6.45) is 9.54. The number of thiol groups is 1. The van der Waals surface area contributed by atoms with Gasteiger partial charge in [-0.25, -0.2) is 0 Å². The molecule has 2 nitrogen and oxygen atoms in total. The zero-order chi connectivity index (χ0) is 11.5. The number of unbranched alkanes of at least 4 members (excludes halogenated alkanes) is 5. The number of carbonyl (C=O) groups is 1. The first kappa shape index (κ1) is 14.8. The minimum absolute atomic E-state index is 0.328. The largest absolute Gasteiger partial charge is 0.481 e. The molecule has 0 amide bonds. The smallest absolute Gasteiger partial charge is 0.303 e. The van der Waals surface area contributed by atoms with Gasteiger partial charge in [-0.1, -0.05) is 39.0 Å². The Labute approximate surface area is 98.9 Å². The van der Waals surface area contributed by atoms with Crippen LogP contribution in [0, 0.1) is 0 Å². The number of hydrogen-bond donors (Lipinski definition) is 2. The maximum absolute atomic E-state index is 10.2. The monoisotopic (exact) mass is 232 g/mol. The van der Waals surface area contributed by atoms with Gasteiger partial charge in [-0.3, -0.25) is 4.79 Å². The van der Waals surface area contributed by atoms with Gasteiger partial charge in [0.25, 0.3) is 0 Å². The number of carboxylic acids is 1. The van der Waals surface area contributed by atoms with Crippen LogP contribution in [0.3, 0.4) is 0 Å². The van der Waals surface area contributed by atoms with Crippen LogP contribution in [0.15, 0.2) is 0 Å². The number of aliphatic carboxylic acids is 1. The summed E-state index contributed by atoms with van der Waals surface area (Å²) < 4.78 is 0. The van der Waals surface area contributed by atoms with Crippen LogP contribution in [-0.4, -0.2) is 16.3 Å². The lowest BCUT2D eigenvalue weighted by Gasteiger charge is -2.06. The summed E-state index contributed by atoms with van der Waals surface area (Å²) in [6, 6.07) is 0. The highest BCUT2D eigenvalue weighted by Gasteiger charge is 1.99. The van der Waals surface area contributed by atoms with E-state index in [1.54, 1.807) is 0 Å². The first-order chi connectivity index (χ1) is 7.16. The second-order valence-corrected chi connectivity index (χ2v) is 4.85. The third-order valence-electron chi connectivity index (χ3n) is 2.65. The van der Waals surface area contributed by atoms with Crippen molar-refractivity contribution in [3.63, 3.8) is 0 Å². The first-order valence-electron chi connectivity index (χ1n) is 6.06. The highest BCUT2D eigenvalue weighted by atomic mass is 32.1. The Bertz CT molecular complexity index is 160. The molecule has 0 aliphatic rings. The molecule has 3 heteroatoms. The van der Waals surface area contributed by atoms with E-state index in [1.165, 1.54) is 32.1 Å². The van der Waals surface area contributed by atoms with Gasteiger partial charge >= 0.3 is 5.97 Å². The molecule has 90 valence electrons. The van der Waals surface area contributed by atoms with Crippen molar-refractivity contribution in [3.8, 4) is 0 Å². The highest BCUT2D eigenvalue weighted by molar-refractivity contribution is 7.80. The van der Waals surface area contributed by atoms with E-state index in [4.69, 9.17) is 5.11 Å². The van der Waals surface area contributed by atoms with E-state index in [9.17, 15) is 4.79 Å². The average Bonchev–Trinajstić information content (AvgIpc) is 2.21. The van der Waals surface area contributed by atoms with Crippen molar-refractivity contribution < 1.29 is 9.90 Å². The molecule has 0 rings (SSSR count). The maximum atomic E-state index is 10.2. The summed E-state index contributed by atoms with van der Waals surface area (Å²) in [7, 11) is 0. The van der Waals surface area contributed by atoms with Gasteiger partial charge in [-0.2, -0.15) is 12.6 Å². The second-order valence-electron chi connectivity index (χ2n) is 4.12. The van der Waals surface area contributed by atoms with E-state index in [-0.39, 0.29) is 0 Å². The summed E-state index contributed by atoms with van der Waals surface area (Å²) in [5, 5.41) is 9.00. The highest BCUT2D eigenvalue weighted by Crippen LogP contribution is 2.13. The van der Waals surface area contributed by atoms with Crippen LogP contribution >= 0.6 is 12.6 Å². The molecular weight excluding hydrogens is 208 g/mol. The fourth-order valence-electron chi connectivity index (χ4n) is 1.57. The molecule has 15 heavy (non-hydrogen) atoms. The van der Waals surface area contributed by atoms with Crippen molar-refractivity contribution in [2.45, 2.75) is 70.0 Å². The lowest BCUT2D eigenvalue weighted by atomic mass is 10.1. The van der Waals surface area contributed by atoms with E-state index in [0.29, 0.717) is 11.7 Å². The van der Waals surface area contributed by atoms with Crippen molar-refractivity contribution >= 4 is 18.6 Å². The molecule has 0 saturated heterocycles. The van der Waals surface area contributed by atoms with Crippen LogP contribution in [0.1, 0.15) is 64.7 Å². The summed E-state index contributed by atoms with van der Waals surface area (Å²) in [6.45, 7) is 2.17. The Morgan fingerprint density at radius 2 is 1.67 bits per heavy atom. The fourth-order valence-corrected chi connectivity index (χ4v) is 1.75. The van der Waals surface area contributed by atoms with Gasteiger partial charge < -0.3 is 5.11 Å². The lowest BCUT2D eigenvalue weighted by Crippen LogP contribution is -1.95. The summed E-state index contributed by atoms with van der Waals surface area (Å²) in [5.41, 5.74) is 0. The standard InChI is InChI=1S/C12H24O2S/c1-2-11(15)9-7-5-3-4-6-8-10-12(13)14/h11,15H,2-10H2,1H3,(H,13,14). The van der Waals surface area contributed by atoms with Crippen molar-refractivity contribution in [1.29, 1.82) is 0 Å². The predicted molar refractivity (Wildman–Crippen MR) is 67.6 cm³/mol. The van der Waals surface area contributed by atoms with Crippen LogP contribution in [-0.2, 0) is 4.79 Å². The molecule has 1 atom stereocenters. The third-order valence-corrected chi connectivity index (χ3v) is 3.27. The van der Waals surface area contributed by atoms with Crippen LogP contribution < -0.4 is 0 Å². The predicted octanol–water partition coefficient (Wildman–Crippen LogP) is 3.90. The van der Waals surface area contributed by atoms with Crippen molar-refractivity contribution in [2.75, 3.05) is 0 Å². The van der Waals surface area contributed by atoms with E-state index < -0.39 is 5.97 Å². The van der Waals surface area contributed by atoms with Crippen molar-refractivity contribution in [1.82, 2.24) is 0 Å². The van der Waals surface area contributed by atoms with E-state index >= 15 is 0 Å². The lowest BCUT2D eigenvalue weighted by molar-refractivity contribution is -0.137. The minimum Gasteiger partial charge on any atom is -0.481 e. The average molecular weight is 232 g/mol. The molecule has 0 spiro atoms. The normalized spacial score (nSPS) is 12.7. The Balaban J connectivity index is 3.02. The molecule has 0 heterocycles. The first-order valence-corrected chi connectivity index (χ1v) is 6.58. The molecule has 0 aromatic carbocycles. The van der Waals surface area contributed by atoms with Crippen LogP contribution in [0.25, 0.3) is 0 Å². The van der Waals surface area contributed by atoms with Gasteiger partial charge in [0.1, 0.15) is 0 Å². The fraction of sp³-hybridized carbons (Fsp3) is 0.917. The number of hydrogen-bond acceptors (Lipinski definition) is 2. The zero-order valence-electron chi connectivity index (χ0n) is 9.74. The summed E-state index contributed by atoms with van der Waals surface area (Å²) in [4.78, 5) is 10.2. The van der Waals surface area contributed by atoms with Gasteiger partial charge in [-0.05, 0) is 19.3 Å². The molecule has 0 fully saturated rings. The molecule has 0 aromatic heterocycles. The summed E-state index contributed by atoms with van der Waals surface area (Å²) in [5.74, 6) is -0.670. The molecule has 0 saturated carbocycles. The van der Waals surface area contributed by atoms with Crippen molar-refractivity contribution in [3.05, 3.63) is 0 Å². The van der Waals surface area contributed by atoms with Crippen LogP contribution in [0.2, 0.25) is 0 Å². The van der Waals surface area contributed by atoms with Crippen LogP contribution in [0.4, 0.5) is 0 Å². The Kier molecular flexibility index (Phi) is 10.2. The second kappa shape index (κ2) is 10.3. The molecule has 0 bridgehead atoms. The van der Waals surface area contributed by atoms with Crippen molar-refractivity contribution in [2.24, 2.45) is 0 Å². The molecule has 0 radical (unpaired) electrons. The Morgan fingerprint density at radius 3 is 2.20 bits per heavy atom. The number of rotatable bonds is 10. The summed E-state index contributed by atoms with van der Waals surface area (Å²) >= 11 is 4.45. The molecule has 1 N–H and O–H groups in total. The van der Waals surface area contributed by atoms with Gasteiger partial charge in [-0.15, -0.1) is 0 Å². The van der Waals surface area contributed by atoms with Gasteiger partial charge in [0.2, 0.25) is 0 Å². The third kappa shape index (κ3) is 11.7. The maximum Gasteiger partial charge on any atom is 0.303 e. The van der Waals surface area contributed by atoms with E-state index in [0.717, 1.165) is 19.3 Å². The number of carboxylic acid groups (broad SMARTS) is 1. The SMILES string of the molecule is CCC(S)CCCCCCCCC(=O)O. The molecule has 1 unspecified atom stereocenters. The van der Waals surface area contributed by atoms with Gasteiger partial charge in [0, 0.05) is 11.7 Å². The van der Waals surface area contributed by atoms with E-state index in [1.807, 2.05) is 0 Å². The van der Waals surface area contributed by atoms with E-state index in [2.05, 4.69) is 19.6 Å². The Morgan fingerprint density at radius 1 is 1.13 bits per heavy atom.